The van der Waals surface area contributed by atoms with E-state index < -0.39 is 0 Å². The number of methoxy groups -OCH3 is 1. The predicted molar refractivity (Wildman–Crippen MR) is 65.8 cm³/mol. The molecule has 0 saturated heterocycles. The maximum absolute atomic E-state index is 11.3. The van der Waals surface area contributed by atoms with Crippen molar-refractivity contribution in [2.75, 3.05) is 7.11 Å². The summed E-state index contributed by atoms with van der Waals surface area (Å²) < 4.78 is 5.23. The Morgan fingerprint density at radius 2 is 2.19 bits per heavy atom. The molecule has 0 bridgehead atoms. The number of fused-ring (bicyclic) bond motifs is 1. The molecule has 1 aromatic heterocycles. The number of nitrogens with zero attached hydrogens (tertiary/aromatic N) is 1. The van der Waals surface area contributed by atoms with Gasteiger partial charge in [0.25, 0.3) is 0 Å². The molecule has 0 aliphatic heterocycles. The average molecular weight is 301 g/mol. The van der Waals surface area contributed by atoms with Crippen molar-refractivity contribution in [2.45, 2.75) is 0 Å². The molecule has 5 heteroatoms. The van der Waals surface area contributed by atoms with E-state index >= 15 is 0 Å². The molecule has 2 aromatic rings. The van der Waals surface area contributed by atoms with Crippen LogP contribution in [0.25, 0.3) is 10.9 Å². The van der Waals surface area contributed by atoms with Crippen molar-refractivity contribution in [2.24, 2.45) is 0 Å². The van der Waals surface area contributed by atoms with Gasteiger partial charge in [0.15, 0.2) is 0 Å². The quantitative estimate of drug-likeness (QED) is 0.598. The fraction of sp³-hybridized carbons (Fsp3) is 0.0909. The number of aromatic nitrogens is 1. The van der Waals surface area contributed by atoms with Crippen LogP contribution in [0.5, 0.6) is 0 Å². The van der Waals surface area contributed by atoms with Crippen LogP contribution in [0.4, 0.5) is 0 Å². The molecule has 0 fully saturated rings. The van der Waals surface area contributed by atoms with Gasteiger partial charge in [-0.1, -0.05) is 11.6 Å². The van der Waals surface area contributed by atoms with E-state index in [-0.39, 0.29) is 5.97 Å². The number of esters is 1. The molecule has 0 unspecified atom stereocenters. The lowest BCUT2D eigenvalue weighted by atomic mass is 10.1. The van der Waals surface area contributed by atoms with Crippen LogP contribution in [0.2, 0.25) is 5.02 Å². The van der Waals surface area contributed by atoms with Crippen molar-refractivity contribution in [3.05, 3.63) is 39.5 Å². The summed E-state index contributed by atoms with van der Waals surface area (Å²) in [5, 5.41) is 1.31. The molecule has 0 radical (unpaired) electrons. The van der Waals surface area contributed by atoms with Gasteiger partial charge in [0.2, 0.25) is 0 Å². The lowest BCUT2D eigenvalue weighted by molar-refractivity contribution is 0.0601. The van der Waals surface area contributed by atoms with Crippen LogP contribution in [0.3, 0.4) is 0 Å². The molecule has 0 amide bonds. The van der Waals surface area contributed by atoms with Crippen molar-refractivity contribution in [1.82, 2.24) is 4.98 Å². The van der Waals surface area contributed by atoms with E-state index in [1.165, 1.54) is 7.11 Å². The fourth-order valence-electron chi connectivity index (χ4n) is 1.37. The van der Waals surface area contributed by atoms with Gasteiger partial charge in [0, 0.05) is 5.39 Å². The highest BCUT2D eigenvalue weighted by Gasteiger charge is 2.08. The zero-order valence-corrected chi connectivity index (χ0v) is 10.7. The molecule has 1 heterocycles. The number of hydrogen-bond acceptors (Lipinski definition) is 3. The third-order valence-corrected chi connectivity index (χ3v) is 3.27. The number of benzene rings is 1. The minimum Gasteiger partial charge on any atom is -0.465 e. The van der Waals surface area contributed by atoms with Crippen LogP contribution in [-0.2, 0) is 4.74 Å². The number of hydrogen-bond donors (Lipinski definition) is 0. The van der Waals surface area contributed by atoms with Gasteiger partial charge in [-0.2, -0.15) is 0 Å². The molecule has 0 atom stereocenters. The number of rotatable bonds is 1. The van der Waals surface area contributed by atoms with Gasteiger partial charge in [-0.3, -0.25) is 0 Å². The maximum atomic E-state index is 11.3. The van der Waals surface area contributed by atoms with Crippen LogP contribution in [-0.4, -0.2) is 18.1 Å². The smallest absolute Gasteiger partial charge is 0.337 e. The van der Waals surface area contributed by atoms with Crippen molar-refractivity contribution in [1.29, 1.82) is 0 Å². The van der Waals surface area contributed by atoms with E-state index in [1.54, 1.807) is 24.3 Å². The molecule has 0 aliphatic carbocycles. The first-order chi connectivity index (χ1) is 7.61. The van der Waals surface area contributed by atoms with Crippen molar-refractivity contribution >= 4 is 44.4 Å². The lowest BCUT2D eigenvalue weighted by Gasteiger charge is -2.03. The van der Waals surface area contributed by atoms with Gasteiger partial charge in [-0.05, 0) is 40.2 Å². The Kier molecular flexibility index (Phi) is 3.12. The van der Waals surface area contributed by atoms with E-state index in [4.69, 9.17) is 11.6 Å². The Balaban J connectivity index is 2.62. The van der Waals surface area contributed by atoms with Gasteiger partial charge in [0.1, 0.15) is 4.60 Å². The van der Waals surface area contributed by atoms with Crippen molar-refractivity contribution in [3.63, 3.8) is 0 Å². The number of pyridine rings is 1. The molecule has 82 valence electrons. The average Bonchev–Trinajstić information content (AvgIpc) is 2.29. The summed E-state index contributed by atoms with van der Waals surface area (Å²) in [5.74, 6) is -0.374. The Labute approximate surface area is 106 Å². The standard InChI is InChI=1S/C11H7BrClNO2/c1-16-11(15)6-2-3-9-7(4-6)5-8(13)10(12)14-9/h2-5H,1H3. The van der Waals surface area contributed by atoms with Crippen LogP contribution >= 0.6 is 27.5 Å². The van der Waals surface area contributed by atoms with Crippen molar-refractivity contribution < 1.29 is 9.53 Å². The van der Waals surface area contributed by atoms with E-state index in [0.717, 1.165) is 10.9 Å². The van der Waals surface area contributed by atoms with E-state index in [0.29, 0.717) is 15.2 Å². The first-order valence-corrected chi connectivity index (χ1v) is 5.63. The van der Waals surface area contributed by atoms with Gasteiger partial charge < -0.3 is 4.74 Å². The first-order valence-electron chi connectivity index (χ1n) is 4.46. The minimum atomic E-state index is -0.374. The van der Waals surface area contributed by atoms with E-state index in [9.17, 15) is 4.79 Å². The van der Waals surface area contributed by atoms with Crippen LogP contribution in [0.15, 0.2) is 28.9 Å². The highest BCUT2D eigenvalue weighted by Crippen LogP contribution is 2.25. The molecule has 0 spiro atoms. The summed E-state index contributed by atoms with van der Waals surface area (Å²) in [4.78, 5) is 15.6. The Morgan fingerprint density at radius 1 is 1.44 bits per heavy atom. The summed E-state index contributed by atoms with van der Waals surface area (Å²) in [7, 11) is 1.35. The van der Waals surface area contributed by atoms with E-state index in [1.807, 2.05) is 0 Å². The molecule has 3 nitrogen and oxygen atoms in total. The van der Waals surface area contributed by atoms with Crippen LogP contribution in [0, 0.1) is 0 Å². The summed E-state index contributed by atoms with van der Waals surface area (Å²) in [6.45, 7) is 0. The second kappa shape index (κ2) is 4.39. The molecular weight excluding hydrogens is 293 g/mol. The minimum absolute atomic E-state index is 0.374. The second-order valence-corrected chi connectivity index (χ2v) is 4.32. The number of carbonyl (C=O) groups excluding carboxylic acids is 1. The predicted octanol–water partition coefficient (Wildman–Crippen LogP) is 3.44. The second-order valence-electron chi connectivity index (χ2n) is 3.16. The van der Waals surface area contributed by atoms with Crippen LogP contribution in [0.1, 0.15) is 10.4 Å². The summed E-state index contributed by atoms with van der Waals surface area (Å²) in [6.07, 6.45) is 0. The molecule has 2 rings (SSSR count). The largest absolute Gasteiger partial charge is 0.465 e. The Hall–Kier alpha value is -1.13. The summed E-state index contributed by atoms with van der Waals surface area (Å²) in [5.41, 5.74) is 1.25. The third-order valence-electron chi connectivity index (χ3n) is 2.15. The summed E-state index contributed by atoms with van der Waals surface area (Å²) >= 11 is 9.17. The third kappa shape index (κ3) is 2.03. The molecule has 0 N–H and O–H groups in total. The topological polar surface area (TPSA) is 39.2 Å². The van der Waals surface area contributed by atoms with Gasteiger partial charge in [0.05, 0.1) is 23.2 Å². The van der Waals surface area contributed by atoms with Crippen molar-refractivity contribution in [3.8, 4) is 0 Å². The molecule has 0 saturated carbocycles. The molecule has 0 aliphatic rings. The normalized spacial score (nSPS) is 10.4. The lowest BCUT2D eigenvalue weighted by Crippen LogP contribution is -2.00. The highest BCUT2D eigenvalue weighted by atomic mass is 79.9. The zero-order valence-electron chi connectivity index (χ0n) is 8.33. The molecule has 16 heavy (non-hydrogen) atoms. The van der Waals surface area contributed by atoms with Crippen LogP contribution < -0.4 is 0 Å². The number of carbonyl (C=O) groups is 1. The monoisotopic (exact) mass is 299 g/mol. The van der Waals surface area contributed by atoms with Gasteiger partial charge >= 0.3 is 5.97 Å². The fourth-order valence-corrected chi connectivity index (χ4v) is 1.84. The Morgan fingerprint density at radius 3 is 2.88 bits per heavy atom. The van der Waals surface area contributed by atoms with Gasteiger partial charge in [-0.15, -0.1) is 0 Å². The maximum Gasteiger partial charge on any atom is 0.337 e. The van der Waals surface area contributed by atoms with Gasteiger partial charge in [-0.25, -0.2) is 9.78 Å². The number of ether oxygens (including phenoxy) is 1. The SMILES string of the molecule is COC(=O)c1ccc2nc(Br)c(Cl)cc2c1. The molecule has 1 aromatic carbocycles. The Bertz CT molecular complexity index is 571. The highest BCUT2D eigenvalue weighted by molar-refractivity contribution is 9.10. The molecular formula is C11H7BrClNO2. The number of halogens is 2. The van der Waals surface area contributed by atoms with E-state index in [2.05, 4.69) is 25.7 Å². The summed E-state index contributed by atoms with van der Waals surface area (Å²) in [6, 6.07) is 6.87. The zero-order chi connectivity index (χ0) is 11.7. The first kappa shape index (κ1) is 11.4.